The van der Waals surface area contributed by atoms with E-state index in [4.69, 9.17) is 10.5 Å². The molecule has 0 saturated carbocycles. The fourth-order valence-corrected chi connectivity index (χ4v) is 2.51. The van der Waals surface area contributed by atoms with Crippen LogP contribution in [0.1, 0.15) is 25.7 Å². The Morgan fingerprint density at radius 1 is 1.38 bits per heavy atom. The number of fused-ring (bicyclic) bond motifs is 2. The summed E-state index contributed by atoms with van der Waals surface area (Å²) in [5, 5.41) is 3.54. The van der Waals surface area contributed by atoms with Gasteiger partial charge in [-0.2, -0.15) is 0 Å². The predicted molar refractivity (Wildman–Crippen MR) is 48.2 cm³/mol. The molecule has 2 bridgehead atoms. The number of carbonyl (C=O) groups excluding carboxylic acids is 1. The van der Waals surface area contributed by atoms with E-state index < -0.39 is 6.09 Å². The van der Waals surface area contributed by atoms with Gasteiger partial charge in [0.25, 0.3) is 0 Å². The van der Waals surface area contributed by atoms with Crippen molar-refractivity contribution in [2.24, 2.45) is 11.7 Å². The first-order valence-electron chi connectivity index (χ1n) is 4.92. The maximum absolute atomic E-state index is 10.4. The van der Waals surface area contributed by atoms with Gasteiger partial charge in [0, 0.05) is 12.1 Å². The molecule has 1 amide bonds. The molecule has 2 fully saturated rings. The third-order valence-corrected chi connectivity index (χ3v) is 3.03. The molecular weight excluding hydrogens is 168 g/mol. The minimum Gasteiger partial charge on any atom is -0.449 e. The van der Waals surface area contributed by atoms with Gasteiger partial charge >= 0.3 is 6.09 Å². The maximum Gasteiger partial charge on any atom is 0.404 e. The monoisotopic (exact) mass is 184 g/mol. The molecule has 2 heterocycles. The van der Waals surface area contributed by atoms with Crippen molar-refractivity contribution in [3.05, 3.63) is 0 Å². The molecule has 0 aromatic rings. The van der Waals surface area contributed by atoms with Crippen molar-refractivity contribution in [2.45, 2.75) is 37.8 Å². The summed E-state index contributed by atoms with van der Waals surface area (Å²) in [4.78, 5) is 10.4. The molecule has 0 radical (unpaired) electrons. The third kappa shape index (κ3) is 2.12. The van der Waals surface area contributed by atoms with Crippen molar-refractivity contribution in [3.8, 4) is 0 Å². The Bertz CT molecular complexity index is 196. The standard InChI is InChI=1S/C9H16N2O2/c10-9(12)13-5-6-3-7-1-2-8(4-6)11-7/h6-8,11H,1-5H2,(H2,10,12). The molecule has 74 valence electrons. The zero-order chi connectivity index (χ0) is 9.26. The molecule has 2 saturated heterocycles. The molecule has 4 nitrogen and oxygen atoms in total. The number of rotatable bonds is 2. The molecule has 0 aromatic carbocycles. The largest absolute Gasteiger partial charge is 0.449 e. The highest BCUT2D eigenvalue weighted by Gasteiger charge is 2.33. The second kappa shape index (κ2) is 3.54. The summed E-state index contributed by atoms with van der Waals surface area (Å²) in [7, 11) is 0. The average molecular weight is 184 g/mol. The van der Waals surface area contributed by atoms with Gasteiger partial charge in [-0.25, -0.2) is 4.79 Å². The molecule has 13 heavy (non-hydrogen) atoms. The van der Waals surface area contributed by atoms with Crippen molar-refractivity contribution in [3.63, 3.8) is 0 Å². The predicted octanol–water partition coefficient (Wildman–Crippen LogP) is 0.612. The summed E-state index contributed by atoms with van der Waals surface area (Å²) in [5.74, 6) is 0.520. The Hall–Kier alpha value is -0.770. The summed E-state index contributed by atoms with van der Waals surface area (Å²) in [5.41, 5.74) is 4.92. The molecule has 0 aromatic heterocycles. The Morgan fingerprint density at radius 2 is 2.00 bits per heavy atom. The van der Waals surface area contributed by atoms with E-state index in [1.807, 2.05) is 0 Å². The van der Waals surface area contributed by atoms with Crippen LogP contribution in [-0.4, -0.2) is 24.8 Å². The van der Waals surface area contributed by atoms with Crippen molar-refractivity contribution in [1.82, 2.24) is 5.32 Å². The molecule has 2 atom stereocenters. The molecule has 2 aliphatic rings. The SMILES string of the molecule is NC(=O)OCC1CC2CCC(C1)N2. The number of nitrogens with two attached hydrogens (primary N) is 1. The van der Waals surface area contributed by atoms with Crippen molar-refractivity contribution < 1.29 is 9.53 Å². The topological polar surface area (TPSA) is 64.4 Å². The van der Waals surface area contributed by atoms with Gasteiger partial charge in [-0.15, -0.1) is 0 Å². The molecule has 2 aliphatic heterocycles. The highest BCUT2D eigenvalue weighted by molar-refractivity contribution is 5.64. The lowest BCUT2D eigenvalue weighted by Gasteiger charge is -2.28. The Kier molecular flexibility index (Phi) is 2.40. The highest BCUT2D eigenvalue weighted by atomic mass is 16.5. The number of piperidine rings is 1. The Balaban J connectivity index is 1.78. The number of hydrogen-bond acceptors (Lipinski definition) is 3. The molecule has 2 unspecified atom stereocenters. The van der Waals surface area contributed by atoms with Gasteiger partial charge in [0.15, 0.2) is 0 Å². The van der Waals surface area contributed by atoms with Crippen molar-refractivity contribution >= 4 is 6.09 Å². The smallest absolute Gasteiger partial charge is 0.404 e. The number of nitrogens with one attached hydrogen (secondary N) is 1. The lowest BCUT2D eigenvalue weighted by atomic mass is 9.93. The van der Waals surface area contributed by atoms with Gasteiger partial charge in [-0.1, -0.05) is 0 Å². The second-order valence-corrected chi connectivity index (χ2v) is 4.11. The number of carbonyl (C=O) groups is 1. The third-order valence-electron chi connectivity index (χ3n) is 3.03. The van der Waals surface area contributed by atoms with Crippen molar-refractivity contribution in [2.75, 3.05) is 6.61 Å². The first-order valence-corrected chi connectivity index (χ1v) is 4.92. The van der Waals surface area contributed by atoms with Crippen LogP contribution in [0, 0.1) is 5.92 Å². The summed E-state index contributed by atoms with van der Waals surface area (Å²) >= 11 is 0. The van der Waals surface area contributed by atoms with E-state index in [9.17, 15) is 4.79 Å². The number of amides is 1. The first-order chi connectivity index (χ1) is 6.24. The quantitative estimate of drug-likeness (QED) is 0.661. The molecule has 4 heteroatoms. The van der Waals surface area contributed by atoms with Crippen LogP contribution in [0.15, 0.2) is 0 Å². The highest BCUT2D eigenvalue weighted by Crippen LogP contribution is 2.30. The van der Waals surface area contributed by atoms with Crippen LogP contribution in [0.25, 0.3) is 0 Å². The molecule has 2 rings (SSSR count). The van der Waals surface area contributed by atoms with Gasteiger partial charge in [-0.3, -0.25) is 0 Å². The van der Waals surface area contributed by atoms with Crippen LogP contribution in [0.3, 0.4) is 0 Å². The van der Waals surface area contributed by atoms with E-state index in [1.54, 1.807) is 0 Å². The van der Waals surface area contributed by atoms with Crippen molar-refractivity contribution in [1.29, 1.82) is 0 Å². The van der Waals surface area contributed by atoms with E-state index in [0.717, 1.165) is 12.8 Å². The van der Waals surface area contributed by atoms with Crippen LogP contribution >= 0.6 is 0 Å². The van der Waals surface area contributed by atoms with Gasteiger partial charge in [0.1, 0.15) is 0 Å². The van der Waals surface area contributed by atoms with E-state index in [1.165, 1.54) is 12.8 Å². The van der Waals surface area contributed by atoms with Crippen LogP contribution in [-0.2, 0) is 4.74 Å². The van der Waals surface area contributed by atoms with Gasteiger partial charge in [0.05, 0.1) is 6.61 Å². The van der Waals surface area contributed by atoms with E-state index in [2.05, 4.69) is 5.32 Å². The fraction of sp³-hybridized carbons (Fsp3) is 0.889. The minimum absolute atomic E-state index is 0.504. The zero-order valence-corrected chi connectivity index (χ0v) is 7.66. The van der Waals surface area contributed by atoms with Crippen LogP contribution in [0.4, 0.5) is 4.79 Å². The van der Waals surface area contributed by atoms with E-state index in [0.29, 0.717) is 24.6 Å². The Labute approximate surface area is 77.8 Å². The minimum atomic E-state index is -0.647. The van der Waals surface area contributed by atoms with Crippen LogP contribution in [0.5, 0.6) is 0 Å². The second-order valence-electron chi connectivity index (χ2n) is 4.11. The van der Waals surface area contributed by atoms with Crippen LogP contribution < -0.4 is 11.1 Å². The van der Waals surface area contributed by atoms with Crippen LogP contribution in [0.2, 0.25) is 0 Å². The van der Waals surface area contributed by atoms with E-state index >= 15 is 0 Å². The number of ether oxygens (including phenoxy) is 1. The Morgan fingerprint density at radius 3 is 2.54 bits per heavy atom. The normalized spacial score (nSPS) is 37.4. The summed E-state index contributed by atoms with van der Waals surface area (Å²) in [6.07, 6.45) is 4.16. The summed E-state index contributed by atoms with van der Waals surface area (Å²) in [6.45, 7) is 0.504. The molecular formula is C9H16N2O2. The number of hydrogen-bond donors (Lipinski definition) is 2. The van der Waals surface area contributed by atoms with Gasteiger partial charge in [-0.05, 0) is 31.6 Å². The lowest BCUT2D eigenvalue weighted by molar-refractivity contribution is 0.119. The first kappa shape index (κ1) is 8.81. The molecule has 3 N–H and O–H groups in total. The summed E-state index contributed by atoms with van der Waals surface area (Å²) in [6, 6.07) is 1.31. The zero-order valence-electron chi connectivity index (χ0n) is 7.66. The summed E-state index contributed by atoms with van der Waals surface area (Å²) < 4.78 is 4.82. The van der Waals surface area contributed by atoms with Gasteiger partial charge < -0.3 is 15.8 Å². The molecule has 0 spiro atoms. The van der Waals surface area contributed by atoms with Gasteiger partial charge in [0.2, 0.25) is 0 Å². The molecule has 0 aliphatic carbocycles. The van der Waals surface area contributed by atoms with E-state index in [-0.39, 0.29) is 0 Å². The maximum atomic E-state index is 10.4. The fourth-order valence-electron chi connectivity index (χ4n) is 2.51. The lowest BCUT2D eigenvalue weighted by Crippen LogP contribution is -2.39. The average Bonchev–Trinajstić information content (AvgIpc) is 2.42. The number of primary amides is 1.